The molecule has 6 unspecified atom stereocenters. The molecule has 0 aliphatic carbocycles. The molecule has 1 heterocycles. The number of rotatable bonds is 40. The molecule has 0 aromatic rings. The van der Waals surface area contributed by atoms with Gasteiger partial charge in [-0.05, 0) is 64.2 Å². The quantitative estimate of drug-likeness (QED) is 0.0271. The van der Waals surface area contributed by atoms with Crippen LogP contribution < -0.4 is 0 Å². The summed E-state index contributed by atoms with van der Waals surface area (Å²) in [5.74, 6) is -0.321. The van der Waals surface area contributed by atoms with Crippen LogP contribution in [0.2, 0.25) is 0 Å². The second kappa shape index (κ2) is 39.1. The number of aliphatic hydroxyl groups is 4. The minimum atomic E-state index is -1.54. The highest BCUT2D eigenvalue weighted by atomic mass is 16.7. The van der Waals surface area contributed by atoms with Crippen LogP contribution >= 0.6 is 0 Å². The molecule has 1 rings (SSSR count). The molecule has 9 nitrogen and oxygen atoms in total. The van der Waals surface area contributed by atoms with Crippen molar-refractivity contribution >= 4 is 5.97 Å². The molecule has 0 aromatic heterocycles. The van der Waals surface area contributed by atoms with Crippen molar-refractivity contribution in [2.75, 3.05) is 26.4 Å². The molecule has 0 aromatic carbocycles. The molecular weight excluding hydrogens is 709 g/mol. The highest BCUT2D eigenvalue weighted by Crippen LogP contribution is 2.22. The fourth-order valence-corrected chi connectivity index (χ4v) is 7.13. The molecule has 0 amide bonds. The average Bonchev–Trinajstić information content (AvgIpc) is 3.20. The fourth-order valence-electron chi connectivity index (χ4n) is 7.13. The van der Waals surface area contributed by atoms with Crippen molar-refractivity contribution in [1.29, 1.82) is 0 Å². The van der Waals surface area contributed by atoms with E-state index < -0.39 is 43.4 Å². The number of allylic oxidation sites excluding steroid dienone is 4. The summed E-state index contributed by atoms with van der Waals surface area (Å²) < 4.78 is 22.8. The summed E-state index contributed by atoms with van der Waals surface area (Å²) >= 11 is 0. The van der Waals surface area contributed by atoms with Gasteiger partial charge in [0.25, 0.3) is 0 Å². The van der Waals surface area contributed by atoms with Crippen LogP contribution in [0.15, 0.2) is 24.3 Å². The lowest BCUT2D eigenvalue weighted by molar-refractivity contribution is -0.305. The Bertz CT molecular complexity index is 910. The van der Waals surface area contributed by atoms with Crippen molar-refractivity contribution in [2.24, 2.45) is 0 Å². The van der Waals surface area contributed by atoms with Crippen molar-refractivity contribution in [3.8, 4) is 0 Å². The zero-order valence-corrected chi connectivity index (χ0v) is 36.1. The predicted molar refractivity (Wildman–Crippen MR) is 229 cm³/mol. The van der Waals surface area contributed by atoms with E-state index in [1.165, 1.54) is 141 Å². The summed E-state index contributed by atoms with van der Waals surface area (Å²) in [5, 5.41) is 40.1. The summed E-state index contributed by atoms with van der Waals surface area (Å²) in [4.78, 5) is 12.8. The minimum Gasteiger partial charge on any atom is -0.457 e. The van der Waals surface area contributed by atoms with E-state index in [0.717, 1.165) is 44.9 Å². The van der Waals surface area contributed by atoms with E-state index in [9.17, 15) is 25.2 Å². The number of unbranched alkanes of at least 4 members (excludes halogenated alkanes) is 25. The van der Waals surface area contributed by atoms with Gasteiger partial charge in [0.2, 0.25) is 0 Å². The van der Waals surface area contributed by atoms with Crippen LogP contribution in [0.3, 0.4) is 0 Å². The zero-order chi connectivity index (χ0) is 40.7. The van der Waals surface area contributed by atoms with Gasteiger partial charge in [-0.1, -0.05) is 160 Å². The van der Waals surface area contributed by atoms with Crippen molar-refractivity contribution < 1.29 is 44.2 Å². The number of carbonyl (C=O) groups excluding carboxylic acids is 1. The van der Waals surface area contributed by atoms with Crippen LogP contribution in [0, 0.1) is 0 Å². The maximum Gasteiger partial charge on any atom is 0.306 e. The average molecular weight is 797 g/mol. The minimum absolute atomic E-state index is 0.115. The van der Waals surface area contributed by atoms with Crippen molar-refractivity contribution in [3.05, 3.63) is 24.3 Å². The second-order valence-electron chi connectivity index (χ2n) is 16.2. The monoisotopic (exact) mass is 797 g/mol. The Balaban J connectivity index is 2.25. The van der Waals surface area contributed by atoms with Gasteiger partial charge in [-0.15, -0.1) is 0 Å². The summed E-state index contributed by atoms with van der Waals surface area (Å²) in [6.45, 7) is 4.55. The molecule has 0 radical (unpaired) electrons. The van der Waals surface area contributed by atoms with Gasteiger partial charge in [0.05, 0.1) is 19.8 Å². The largest absolute Gasteiger partial charge is 0.457 e. The van der Waals surface area contributed by atoms with E-state index in [1.54, 1.807) is 0 Å². The number of hydrogen-bond donors (Lipinski definition) is 4. The maximum absolute atomic E-state index is 12.8. The fraction of sp³-hybridized carbons (Fsp3) is 0.894. The number of ether oxygens (including phenoxy) is 4. The van der Waals surface area contributed by atoms with Crippen molar-refractivity contribution in [2.45, 2.75) is 243 Å². The first-order valence-electron chi connectivity index (χ1n) is 23.4. The zero-order valence-electron chi connectivity index (χ0n) is 36.1. The van der Waals surface area contributed by atoms with Gasteiger partial charge in [-0.3, -0.25) is 4.79 Å². The van der Waals surface area contributed by atoms with E-state index in [1.807, 2.05) is 0 Å². The molecule has 1 aliphatic heterocycles. The number of aliphatic hydroxyl groups excluding tert-OH is 4. The van der Waals surface area contributed by atoms with Crippen LogP contribution in [0.5, 0.6) is 0 Å². The van der Waals surface area contributed by atoms with E-state index in [4.69, 9.17) is 18.9 Å². The van der Waals surface area contributed by atoms with Crippen LogP contribution in [-0.2, 0) is 23.7 Å². The first-order chi connectivity index (χ1) is 27.4. The second-order valence-corrected chi connectivity index (χ2v) is 16.2. The molecule has 0 saturated carbocycles. The molecule has 0 bridgehead atoms. The maximum atomic E-state index is 12.8. The van der Waals surface area contributed by atoms with E-state index in [2.05, 4.69) is 38.2 Å². The standard InChI is InChI=1S/C47H88O9/c1-3-5-7-9-11-13-15-17-19-20-21-23-25-27-29-31-33-35-37-53-39-41(40-54-47-46(52)45(51)44(50)42(38-48)56-47)55-43(49)36-34-32-30-28-26-24-22-18-16-14-12-10-8-6-4-2/h17-19,22,41-42,44-48,50-52H,3-16,20-21,23-40H2,1-2H3/b19-17-,22-18-. The molecule has 4 N–H and O–H groups in total. The molecule has 1 fully saturated rings. The lowest BCUT2D eigenvalue weighted by Crippen LogP contribution is -2.59. The lowest BCUT2D eigenvalue weighted by atomic mass is 9.99. The van der Waals surface area contributed by atoms with Crippen molar-refractivity contribution in [3.63, 3.8) is 0 Å². The lowest BCUT2D eigenvalue weighted by Gasteiger charge is -2.39. The Morgan fingerprint density at radius 3 is 1.45 bits per heavy atom. The number of carbonyl (C=O) groups is 1. The van der Waals surface area contributed by atoms with Crippen LogP contribution in [0.1, 0.15) is 206 Å². The van der Waals surface area contributed by atoms with E-state index >= 15 is 0 Å². The topological polar surface area (TPSA) is 135 Å². The third-order valence-electron chi connectivity index (χ3n) is 10.8. The Kier molecular flexibility index (Phi) is 36.8. The summed E-state index contributed by atoms with van der Waals surface area (Å²) in [5.41, 5.74) is 0. The summed E-state index contributed by atoms with van der Waals surface area (Å²) in [6.07, 6.45) is 37.7. The third-order valence-corrected chi connectivity index (χ3v) is 10.8. The Hall–Kier alpha value is -1.33. The molecule has 6 atom stereocenters. The van der Waals surface area contributed by atoms with Crippen LogP contribution in [-0.4, -0.2) is 89.6 Å². The van der Waals surface area contributed by atoms with Crippen molar-refractivity contribution in [1.82, 2.24) is 0 Å². The molecule has 0 spiro atoms. The normalized spacial score (nSPS) is 20.7. The molecule has 1 saturated heterocycles. The Morgan fingerprint density at radius 2 is 0.982 bits per heavy atom. The first-order valence-corrected chi connectivity index (χ1v) is 23.4. The van der Waals surface area contributed by atoms with Gasteiger partial charge in [-0.2, -0.15) is 0 Å². The van der Waals surface area contributed by atoms with Gasteiger partial charge in [0, 0.05) is 13.0 Å². The SMILES string of the molecule is CCCCCCCC/C=C\CCCCCCCCCCOCC(COC1OC(CO)C(O)C(O)C1O)OC(=O)CCCCCCC/C=C\CCCCCCCC. The molecule has 56 heavy (non-hydrogen) atoms. The smallest absolute Gasteiger partial charge is 0.306 e. The molecule has 330 valence electrons. The Morgan fingerprint density at radius 1 is 0.554 bits per heavy atom. The predicted octanol–water partition coefficient (Wildman–Crippen LogP) is 10.6. The van der Waals surface area contributed by atoms with Crippen LogP contribution in [0.25, 0.3) is 0 Å². The van der Waals surface area contributed by atoms with Gasteiger partial charge in [0.1, 0.15) is 30.5 Å². The summed E-state index contributed by atoms with van der Waals surface area (Å²) in [7, 11) is 0. The highest BCUT2D eigenvalue weighted by Gasteiger charge is 2.44. The Labute approximate surface area is 343 Å². The summed E-state index contributed by atoms with van der Waals surface area (Å²) in [6, 6.07) is 0. The third kappa shape index (κ3) is 29.8. The highest BCUT2D eigenvalue weighted by molar-refractivity contribution is 5.69. The van der Waals surface area contributed by atoms with Gasteiger partial charge >= 0.3 is 5.97 Å². The van der Waals surface area contributed by atoms with E-state index in [0.29, 0.717) is 13.0 Å². The number of esters is 1. The van der Waals surface area contributed by atoms with Crippen LogP contribution in [0.4, 0.5) is 0 Å². The van der Waals surface area contributed by atoms with Gasteiger partial charge in [0.15, 0.2) is 6.29 Å². The first kappa shape index (κ1) is 52.7. The molecule has 1 aliphatic rings. The van der Waals surface area contributed by atoms with E-state index in [-0.39, 0.29) is 19.2 Å². The molecule has 9 heteroatoms. The van der Waals surface area contributed by atoms with Gasteiger partial charge < -0.3 is 39.4 Å². The van der Waals surface area contributed by atoms with Gasteiger partial charge in [-0.25, -0.2) is 0 Å². The molecular formula is C47H88O9. The number of hydrogen-bond acceptors (Lipinski definition) is 9.